The Bertz CT molecular complexity index is 579. The van der Waals surface area contributed by atoms with Crippen LogP contribution in [-0.2, 0) is 0 Å². The zero-order valence-electron chi connectivity index (χ0n) is 9.55. The fourth-order valence-electron chi connectivity index (χ4n) is 1.27. The quantitative estimate of drug-likeness (QED) is 0.700. The van der Waals surface area contributed by atoms with Crippen molar-refractivity contribution in [2.45, 2.75) is 6.92 Å². The molecule has 0 radical (unpaired) electrons. The van der Waals surface area contributed by atoms with E-state index in [0.717, 1.165) is 4.47 Å². The Labute approximate surface area is 112 Å². The molecule has 0 saturated carbocycles. The van der Waals surface area contributed by atoms with Crippen LogP contribution in [0.5, 0.6) is 0 Å². The molecule has 0 aliphatic rings. The first-order chi connectivity index (χ1) is 8.66. The first-order valence-corrected chi connectivity index (χ1v) is 5.95. The molecule has 18 heavy (non-hydrogen) atoms. The molecule has 2 rings (SSSR count). The maximum Gasteiger partial charge on any atom is 0.272 e. The van der Waals surface area contributed by atoms with Gasteiger partial charge >= 0.3 is 0 Å². The molecular formula is C12H10BrN3O2. The van der Waals surface area contributed by atoms with Crippen molar-refractivity contribution in [1.82, 2.24) is 10.4 Å². The minimum Gasteiger partial charge on any atom is -0.463 e. The van der Waals surface area contributed by atoms with Crippen molar-refractivity contribution in [3.8, 4) is 0 Å². The van der Waals surface area contributed by atoms with E-state index in [4.69, 9.17) is 4.42 Å². The smallest absolute Gasteiger partial charge is 0.272 e. The Morgan fingerprint density at radius 1 is 1.50 bits per heavy atom. The van der Waals surface area contributed by atoms with Crippen LogP contribution in [0.2, 0.25) is 0 Å². The third-order valence-corrected chi connectivity index (χ3v) is 2.60. The van der Waals surface area contributed by atoms with Crippen LogP contribution in [0.3, 0.4) is 0 Å². The molecule has 0 bridgehead atoms. The number of nitrogens with zero attached hydrogens (tertiary/aromatic N) is 2. The van der Waals surface area contributed by atoms with Gasteiger partial charge in [0.2, 0.25) is 0 Å². The average molecular weight is 308 g/mol. The van der Waals surface area contributed by atoms with Crippen LogP contribution in [0.1, 0.15) is 23.0 Å². The Kier molecular flexibility index (Phi) is 3.88. The summed E-state index contributed by atoms with van der Waals surface area (Å²) in [4.78, 5) is 15.7. The second-order valence-electron chi connectivity index (χ2n) is 3.51. The molecule has 0 aliphatic carbocycles. The lowest BCUT2D eigenvalue weighted by Crippen LogP contribution is -2.19. The molecule has 2 aromatic rings. The highest BCUT2D eigenvalue weighted by atomic mass is 79.9. The molecule has 0 fully saturated rings. The molecule has 2 heterocycles. The van der Waals surface area contributed by atoms with E-state index in [0.29, 0.717) is 17.0 Å². The number of carbonyl (C=O) groups is 1. The van der Waals surface area contributed by atoms with E-state index < -0.39 is 0 Å². The largest absolute Gasteiger partial charge is 0.463 e. The van der Waals surface area contributed by atoms with Crippen molar-refractivity contribution >= 4 is 27.5 Å². The summed E-state index contributed by atoms with van der Waals surface area (Å²) in [6, 6.07) is 5.19. The molecule has 0 spiro atoms. The molecule has 1 N–H and O–H groups in total. The SMILES string of the molecule is C/C(=N\NC(=O)c1cncc(Br)c1)c1ccco1. The van der Waals surface area contributed by atoms with Gasteiger partial charge in [-0.15, -0.1) is 0 Å². The molecule has 0 saturated heterocycles. The van der Waals surface area contributed by atoms with Crippen molar-refractivity contribution in [3.63, 3.8) is 0 Å². The molecule has 1 amide bonds. The van der Waals surface area contributed by atoms with E-state index in [1.165, 1.54) is 6.20 Å². The van der Waals surface area contributed by atoms with Crippen molar-refractivity contribution in [3.05, 3.63) is 52.7 Å². The molecule has 6 heteroatoms. The number of halogens is 1. The molecule has 0 aliphatic heterocycles. The summed E-state index contributed by atoms with van der Waals surface area (Å²) in [5.41, 5.74) is 3.47. The summed E-state index contributed by atoms with van der Waals surface area (Å²) in [5, 5.41) is 3.95. The number of nitrogens with one attached hydrogen (secondary N) is 1. The number of rotatable bonds is 3. The van der Waals surface area contributed by atoms with Crippen LogP contribution in [0.15, 0.2) is 50.8 Å². The summed E-state index contributed by atoms with van der Waals surface area (Å²) < 4.78 is 5.89. The second kappa shape index (κ2) is 5.59. The van der Waals surface area contributed by atoms with Gasteiger partial charge < -0.3 is 4.42 Å². The number of furan rings is 1. The van der Waals surface area contributed by atoms with Crippen LogP contribution < -0.4 is 5.43 Å². The maximum absolute atomic E-state index is 11.8. The maximum atomic E-state index is 11.8. The van der Waals surface area contributed by atoms with E-state index >= 15 is 0 Å². The van der Waals surface area contributed by atoms with Gasteiger partial charge in [-0.2, -0.15) is 5.10 Å². The Balaban J connectivity index is 2.07. The minimum atomic E-state index is -0.324. The average Bonchev–Trinajstić information content (AvgIpc) is 2.89. The van der Waals surface area contributed by atoms with Crippen molar-refractivity contribution in [2.24, 2.45) is 5.10 Å². The Hall–Kier alpha value is -1.95. The topological polar surface area (TPSA) is 67.5 Å². The third kappa shape index (κ3) is 3.04. The number of hydrogen-bond acceptors (Lipinski definition) is 4. The van der Waals surface area contributed by atoms with E-state index in [9.17, 15) is 4.79 Å². The van der Waals surface area contributed by atoms with Crippen molar-refractivity contribution in [1.29, 1.82) is 0 Å². The fraction of sp³-hybridized carbons (Fsp3) is 0.0833. The second-order valence-corrected chi connectivity index (χ2v) is 4.42. The van der Waals surface area contributed by atoms with Crippen molar-refractivity contribution in [2.75, 3.05) is 0 Å². The molecule has 0 unspecified atom stereocenters. The van der Waals surface area contributed by atoms with E-state index in [1.807, 2.05) is 0 Å². The molecule has 92 valence electrons. The molecule has 5 nitrogen and oxygen atoms in total. The van der Waals surface area contributed by atoms with Crippen LogP contribution in [-0.4, -0.2) is 16.6 Å². The molecular weight excluding hydrogens is 298 g/mol. The van der Waals surface area contributed by atoms with Gasteiger partial charge in [-0.05, 0) is 41.1 Å². The summed E-state index contributed by atoms with van der Waals surface area (Å²) in [7, 11) is 0. The highest BCUT2D eigenvalue weighted by Crippen LogP contribution is 2.09. The number of hydrazone groups is 1. The number of hydrogen-bond donors (Lipinski definition) is 1. The minimum absolute atomic E-state index is 0.324. The zero-order valence-corrected chi connectivity index (χ0v) is 11.1. The van der Waals surface area contributed by atoms with Crippen LogP contribution >= 0.6 is 15.9 Å². The first kappa shape index (κ1) is 12.5. The van der Waals surface area contributed by atoms with E-state index in [1.54, 1.807) is 37.6 Å². The summed E-state index contributed by atoms with van der Waals surface area (Å²) >= 11 is 3.25. The first-order valence-electron chi connectivity index (χ1n) is 5.16. The summed E-state index contributed by atoms with van der Waals surface area (Å²) in [5.74, 6) is 0.289. The number of aromatic nitrogens is 1. The van der Waals surface area contributed by atoms with E-state index in [-0.39, 0.29) is 5.91 Å². The number of pyridine rings is 1. The highest BCUT2D eigenvalue weighted by Gasteiger charge is 2.06. The number of carbonyl (C=O) groups excluding carboxylic acids is 1. The summed E-state index contributed by atoms with van der Waals surface area (Å²) in [6.07, 6.45) is 4.63. The van der Waals surface area contributed by atoms with Crippen LogP contribution in [0.25, 0.3) is 0 Å². The van der Waals surface area contributed by atoms with Gasteiger partial charge in [0.05, 0.1) is 11.8 Å². The van der Waals surface area contributed by atoms with Gasteiger partial charge in [0.15, 0.2) is 0 Å². The standard InChI is InChI=1S/C12H10BrN3O2/c1-8(11-3-2-4-18-11)15-16-12(17)9-5-10(13)7-14-6-9/h2-7H,1H3,(H,16,17)/b15-8+. The predicted molar refractivity (Wildman–Crippen MR) is 70.3 cm³/mol. The molecule has 0 aromatic carbocycles. The lowest BCUT2D eigenvalue weighted by atomic mass is 10.3. The van der Waals surface area contributed by atoms with Gasteiger partial charge in [0, 0.05) is 16.9 Å². The lowest BCUT2D eigenvalue weighted by Gasteiger charge is -2.01. The van der Waals surface area contributed by atoms with Crippen LogP contribution in [0, 0.1) is 0 Å². The predicted octanol–water partition coefficient (Wildman–Crippen LogP) is 2.59. The normalized spacial score (nSPS) is 11.3. The van der Waals surface area contributed by atoms with E-state index in [2.05, 4.69) is 31.4 Å². The lowest BCUT2D eigenvalue weighted by molar-refractivity contribution is 0.0954. The van der Waals surface area contributed by atoms with Crippen LogP contribution in [0.4, 0.5) is 0 Å². The molecule has 2 aromatic heterocycles. The monoisotopic (exact) mass is 307 g/mol. The highest BCUT2D eigenvalue weighted by molar-refractivity contribution is 9.10. The fourth-order valence-corrected chi connectivity index (χ4v) is 1.64. The van der Waals surface area contributed by atoms with Gasteiger partial charge in [-0.1, -0.05) is 0 Å². The number of amides is 1. The Morgan fingerprint density at radius 2 is 2.33 bits per heavy atom. The van der Waals surface area contributed by atoms with Crippen molar-refractivity contribution < 1.29 is 9.21 Å². The van der Waals surface area contributed by atoms with Gasteiger partial charge in [0.25, 0.3) is 5.91 Å². The zero-order chi connectivity index (χ0) is 13.0. The van der Waals surface area contributed by atoms with Gasteiger partial charge in [-0.3, -0.25) is 9.78 Å². The summed E-state index contributed by atoms with van der Waals surface area (Å²) in [6.45, 7) is 1.75. The Morgan fingerprint density at radius 3 is 3.00 bits per heavy atom. The third-order valence-electron chi connectivity index (χ3n) is 2.17. The van der Waals surface area contributed by atoms with Gasteiger partial charge in [0.1, 0.15) is 11.5 Å². The van der Waals surface area contributed by atoms with Gasteiger partial charge in [-0.25, -0.2) is 5.43 Å². The molecule has 0 atom stereocenters.